The zero-order valence-corrected chi connectivity index (χ0v) is 20.3. The van der Waals surface area contributed by atoms with Gasteiger partial charge in [-0.15, -0.1) is 0 Å². The summed E-state index contributed by atoms with van der Waals surface area (Å²) in [4.78, 5) is 24.6. The van der Waals surface area contributed by atoms with Gasteiger partial charge in [0, 0.05) is 4.90 Å². The van der Waals surface area contributed by atoms with Gasteiger partial charge >= 0.3 is 12.0 Å². The maximum Gasteiger partial charge on any atom is 0.339 e. The van der Waals surface area contributed by atoms with E-state index >= 15 is 0 Å². The van der Waals surface area contributed by atoms with Gasteiger partial charge in [-0.1, -0.05) is 23.9 Å². The van der Waals surface area contributed by atoms with Crippen LogP contribution in [0.1, 0.15) is 16.2 Å². The summed E-state index contributed by atoms with van der Waals surface area (Å²) in [5, 5.41) is 8.22. The number of anilines is 1. The molecule has 0 atom stereocenters. The number of ether oxygens (including phenoxy) is 3. The number of thioether (sulfide) groups is 1. The zero-order valence-electron chi connectivity index (χ0n) is 18.7. The second kappa shape index (κ2) is 10.5. The highest BCUT2D eigenvalue weighted by Crippen LogP contribution is 2.31. The number of amidine groups is 1. The zero-order chi connectivity index (χ0) is 24.9. The third-order valence-electron chi connectivity index (χ3n) is 4.35. The fourth-order valence-electron chi connectivity index (χ4n) is 2.80. The van der Waals surface area contributed by atoms with Gasteiger partial charge in [0.1, 0.15) is 16.5 Å². The first-order valence-electron chi connectivity index (χ1n) is 9.61. The van der Waals surface area contributed by atoms with E-state index < -0.39 is 21.2 Å². The maximum atomic E-state index is 13.8. The van der Waals surface area contributed by atoms with Crippen LogP contribution in [0, 0.1) is 12.3 Å². The van der Waals surface area contributed by atoms with E-state index in [2.05, 4.69) is 15.0 Å². The minimum Gasteiger partial charge on any atom is -0.497 e. The molecule has 0 radical (unpaired) electrons. The molecule has 1 aromatic heterocycles. The van der Waals surface area contributed by atoms with E-state index in [0.29, 0.717) is 15.0 Å². The summed E-state index contributed by atoms with van der Waals surface area (Å²) in [6, 6.07) is 12.1. The highest BCUT2D eigenvalue weighted by atomic mass is 32.2. The van der Waals surface area contributed by atoms with Crippen molar-refractivity contribution in [1.29, 1.82) is 5.41 Å². The van der Waals surface area contributed by atoms with Crippen molar-refractivity contribution in [2.75, 3.05) is 25.6 Å². The molecule has 0 fully saturated rings. The molecule has 0 aliphatic carbocycles. The molecule has 0 amide bonds. The second-order valence-corrected chi connectivity index (χ2v) is 9.33. The van der Waals surface area contributed by atoms with E-state index in [4.69, 9.17) is 19.6 Å². The number of nitrogens with one attached hydrogen (secondary N) is 1. The van der Waals surface area contributed by atoms with Crippen molar-refractivity contribution < 1.29 is 27.4 Å². The Hall–Kier alpha value is -3.71. The Kier molecular flexibility index (Phi) is 7.68. The predicted molar refractivity (Wildman–Crippen MR) is 125 cm³/mol. The van der Waals surface area contributed by atoms with Crippen LogP contribution in [0.3, 0.4) is 0 Å². The molecule has 3 aromatic rings. The van der Waals surface area contributed by atoms with Gasteiger partial charge in [0.15, 0.2) is 5.17 Å². The first-order valence-corrected chi connectivity index (χ1v) is 11.9. The van der Waals surface area contributed by atoms with E-state index in [9.17, 15) is 13.2 Å². The monoisotopic (exact) mass is 503 g/mol. The van der Waals surface area contributed by atoms with E-state index in [1.165, 1.54) is 45.4 Å². The number of benzene rings is 2. The van der Waals surface area contributed by atoms with E-state index in [-0.39, 0.29) is 28.2 Å². The Morgan fingerprint density at radius 3 is 2.26 bits per heavy atom. The van der Waals surface area contributed by atoms with Gasteiger partial charge in [0.05, 0.1) is 26.9 Å². The van der Waals surface area contributed by atoms with Crippen molar-refractivity contribution in [1.82, 2.24) is 15.0 Å². The molecule has 0 bridgehead atoms. The molecule has 1 N–H and O–H groups in total. The first-order chi connectivity index (χ1) is 16.2. The molecule has 2 aromatic carbocycles. The van der Waals surface area contributed by atoms with E-state index in [1.807, 2.05) is 0 Å². The van der Waals surface area contributed by atoms with Gasteiger partial charge in [-0.2, -0.15) is 19.3 Å². The number of esters is 1. The summed E-state index contributed by atoms with van der Waals surface area (Å²) < 4.78 is 43.2. The summed E-state index contributed by atoms with van der Waals surface area (Å²) in [6.07, 6.45) is 0. The van der Waals surface area contributed by atoms with Crippen LogP contribution in [0.25, 0.3) is 0 Å². The molecular weight excluding hydrogens is 482 g/mol. The standard InChI is InChI=1S/C21H21N5O6S2/c1-13-23-20(25-21(24-13)32-4)26(19(22)33-15-11-9-14(30-2)10-12-15)34(28,29)17-8-6-5-7-16(17)18(27)31-3/h5-12,22H,1-4H3. The van der Waals surface area contributed by atoms with Crippen molar-refractivity contribution in [3.8, 4) is 11.8 Å². The highest BCUT2D eigenvalue weighted by molar-refractivity contribution is 8.15. The number of aryl methyl sites for hydroxylation is 1. The second-order valence-electron chi connectivity index (χ2n) is 6.51. The Morgan fingerprint density at radius 2 is 1.65 bits per heavy atom. The first kappa shape index (κ1) is 24.9. The predicted octanol–water partition coefficient (Wildman–Crippen LogP) is 2.91. The number of nitrogens with zero attached hydrogens (tertiary/aromatic N) is 4. The van der Waals surface area contributed by atoms with Gasteiger partial charge in [0.2, 0.25) is 0 Å². The number of carbonyl (C=O) groups excluding carboxylic acids is 1. The molecule has 13 heteroatoms. The Labute approximate surface area is 200 Å². The lowest BCUT2D eigenvalue weighted by Gasteiger charge is -2.23. The lowest BCUT2D eigenvalue weighted by Crippen LogP contribution is -2.37. The minimum absolute atomic E-state index is 0.133. The van der Waals surface area contributed by atoms with Crippen molar-refractivity contribution in [2.24, 2.45) is 0 Å². The summed E-state index contributed by atoms with van der Waals surface area (Å²) in [5.74, 6) is -0.441. The minimum atomic E-state index is -4.56. The Bertz CT molecular complexity index is 1320. The van der Waals surface area contributed by atoms with Gasteiger partial charge in [-0.05, 0) is 43.3 Å². The van der Waals surface area contributed by atoms with E-state index in [0.717, 1.165) is 18.9 Å². The molecule has 0 unspecified atom stereocenters. The summed E-state index contributed by atoms with van der Waals surface area (Å²) >= 11 is 0.844. The topological polar surface area (TPSA) is 145 Å². The van der Waals surface area contributed by atoms with Gasteiger partial charge < -0.3 is 14.2 Å². The van der Waals surface area contributed by atoms with Crippen LogP contribution in [0.5, 0.6) is 11.8 Å². The molecule has 0 aliphatic rings. The third-order valence-corrected chi connectivity index (χ3v) is 7.09. The fourth-order valence-corrected chi connectivity index (χ4v) is 5.26. The number of hydrogen-bond acceptors (Lipinski definition) is 11. The van der Waals surface area contributed by atoms with Crippen LogP contribution in [-0.4, -0.2) is 55.8 Å². The quantitative estimate of drug-likeness (QED) is 0.221. The van der Waals surface area contributed by atoms with Crippen molar-refractivity contribution >= 4 is 38.9 Å². The lowest BCUT2D eigenvalue weighted by molar-refractivity contribution is 0.0596. The fraction of sp³-hybridized carbons (Fsp3) is 0.190. The molecule has 34 heavy (non-hydrogen) atoms. The number of aromatic nitrogens is 3. The third kappa shape index (κ3) is 5.26. The van der Waals surface area contributed by atoms with Crippen LogP contribution in [-0.2, 0) is 14.8 Å². The number of carbonyl (C=O) groups is 1. The van der Waals surface area contributed by atoms with Gasteiger partial charge in [-0.25, -0.2) is 13.2 Å². The molecule has 11 nitrogen and oxygen atoms in total. The molecule has 178 valence electrons. The molecule has 1 heterocycles. The van der Waals surface area contributed by atoms with Crippen molar-refractivity contribution in [3.63, 3.8) is 0 Å². The number of hydrogen-bond donors (Lipinski definition) is 1. The largest absolute Gasteiger partial charge is 0.497 e. The maximum absolute atomic E-state index is 13.8. The average Bonchev–Trinajstić information content (AvgIpc) is 2.83. The van der Waals surface area contributed by atoms with Crippen LogP contribution in [0.2, 0.25) is 0 Å². The van der Waals surface area contributed by atoms with Gasteiger partial charge in [-0.3, -0.25) is 5.41 Å². The average molecular weight is 504 g/mol. The summed E-state index contributed by atoms with van der Waals surface area (Å²) in [6.45, 7) is 1.53. The number of sulfonamides is 1. The smallest absolute Gasteiger partial charge is 0.339 e. The van der Waals surface area contributed by atoms with Crippen molar-refractivity contribution in [2.45, 2.75) is 16.7 Å². The lowest BCUT2D eigenvalue weighted by atomic mass is 10.2. The molecule has 0 aliphatic heterocycles. The van der Waals surface area contributed by atoms with Gasteiger partial charge in [0.25, 0.3) is 16.0 Å². The Balaban J connectivity index is 2.16. The van der Waals surface area contributed by atoms with E-state index in [1.54, 1.807) is 24.3 Å². The molecule has 0 saturated heterocycles. The van der Waals surface area contributed by atoms with Crippen LogP contribution in [0.15, 0.2) is 58.3 Å². The summed E-state index contributed by atoms with van der Waals surface area (Å²) in [5.41, 5.74) is -0.199. The van der Waals surface area contributed by atoms with Crippen LogP contribution in [0.4, 0.5) is 5.95 Å². The Morgan fingerprint density at radius 1 is 0.971 bits per heavy atom. The highest BCUT2D eigenvalue weighted by Gasteiger charge is 2.35. The summed E-state index contributed by atoms with van der Waals surface area (Å²) in [7, 11) is -0.573. The van der Waals surface area contributed by atoms with Crippen molar-refractivity contribution in [3.05, 3.63) is 59.9 Å². The number of methoxy groups -OCH3 is 3. The molecule has 0 saturated carbocycles. The number of rotatable bonds is 7. The molecular formula is C21H21N5O6S2. The van der Waals surface area contributed by atoms with Crippen LogP contribution < -0.4 is 13.8 Å². The molecule has 3 rings (SSSR count). The normalized spacial score (nSPS) is 10.9. The SMILES string of the molecule is COC(=O)c1ccccc1S(=O)(=O)N(C(=N)Sc1ccc(OC)cc1)c1nc(C)nc(OC)n1. The molecule has 0 spiro atoms. The van der Waals surface area contributed by atoms with Crippen LogP contribution >= 0.6 is 11.8 Å².